The third-order valence-electron chi connectivity index (χ3n) is 4.78. The molecule has 4 rings (SSSR count). The lowest BCUT2D eigenvalue weighted by molar-refractivity contribution is 0.0167. The van der Waals surface area contributed by atoms with Crippen LogP contribution in [0.3, 0.4) is 0 Å². The van der Waals surface area contributed by atoms with Gasteiger partial charge in [-0.1, -0.05) is 6.07 Å². The van der Waals surface area contributed by atoms with E-state index >= 15 is 0 Å². The highest BCUT2D eigenvalue weighted by Crippen LogP contribution is 2.48. The largest absolute Gasteiger partial charge is 0.444 e. The predicted octanol–water partition coefficient (Wildman–Crippen LogP) is 3.34. The van der Waals surface area contributed by atoms with E-state index in [9.17, 15) is 4.79 Å². The lowest BCUT2D eigenvalue weighted by atomic mass is 10.1. The Bertz CT molecular complexity index is 765. The van der Waals surface area contributed by atoms with Crippen LogP contribution in [0.25, 0.3) is 11.4 Å². The molecule has 1 amide bonds. The van der Waals surface area contributed by atoms with Crippen LogP contribution in [0.4, 0.5) is 4.79 Å². The summed E-state index contributed by atoms with van der Waals surface area (Å²) in [5, 5.41) is 4.63. The molecule has 0 aromatic carbocycles. The standard InChI is InChI=1S/C19H24N4O2/c1-19(2,3)25-18(24)23-14(10-13-11-17(13)23)12-22-9-7-16(21-22)15-6-4-5-8-20-15/h4-9,13-14,17H,10-12H2,1-3H3/t13-,14-,17+/m0/s1. The number of carbonyl (C=O) groups excluding carboxylic acids is 1. The van der Waals surface area contributed by atoms with Crippen molar-refractivity contribution in [3.05, 3.63) is 36.7 Å². The second kappa shape index (κ2) is 5.86. The minimum absolute atomic E-state index is 0.148. The monoisotopic (exact) mass is 340 g/mol. The summed E-state index contributed by atoms with van der Waals surface area (Å²) in [7, 11) is 0. The van der Waals surface area contributed by atoms with Crippen LogP contribution in [0, 0.1) is 5.92 Å². The van der Waals surface area contributed by atoms with Crippen molar-refractivity contribution in [2.45, 2.75) is 57.8 Å². The molecule has 3 atom stereocenters. The number of ether oxygens (including phenoxy) is 1. The number of hydrogen-bond acceptors (Lipinski definition) is 4. The Kier molecular flexibility index (Phi) is 3.78. The Hall–Kier alpha value is -2.37. The predicted molar refractivity (Wildman–Crippen MR) is 93.8 cm³/mol. The molecule has 0 N–H and O–H groups in total. The van der Waals surface area contributed by atoms with Crippen molar-refractivity contribution in [1.29, 1.82) is 0 Å². The van der Waals surface area contributed by atoms with Gasteiger partial charge in [-0.15, -0.1) is 0 Å². The highest BCUT2D eigenvalue weighted by molar-refractivity contribution is 5.70. The van der Waals surface area contributed by atoms with Crippen LogP contribution >= 0.6 is 0 Å². The number of amides is 1. The van der Waals surface area contributed by atoms with Gasteiger partial charge in [0.2, 0.25) is 0 Å². The summed E-state index contributed by atoms with van der Waals surface area (Å²) in [6.07, 6.45) is 5.67. The van der Waals surface area contributed by atoms with Crippen LogP contribution in [0.5, 0.6) is 0 Å². The summed E-state index contributed by atoms with van der Waals surface area (Å²) in [6.45, 7) is 6.42. The smallest absolute Gasteiger partial charge is 0.410 e. The lowest BCUT2D eigenvalue weighted by Gasteiger charge is -2.30. The van der Waals surface area contributed by atoms with Crippen molar-refractivity contribution < 1.29 is 9.53 Å². The minimum Gasteiger partial charge on any atom is -0.444 e. The van der Waals surface area contributed by atoms with Crippen molar-refractivity contribution in [2.24, 2.45) is 5.92 Å². The number of fused-ring (bicyclic) bond motifs is 1. The van der Waals surface area contributed by atoms with Crippen molar-refractivity contribution >= 4 is 6.09 Å². The van der Waals surface area contributed by atoms with E-state index in [4.69, 9.17) is 4.74 Å². The van der Waals surface area contributed by atoms with Gasteiger partial charge in [0.05, 0.1) is 18.3 Å². The molecular formula is C19H24N4O2. The maximum absolute atomic E-state index is 12.6. The highest BCUT2D eigenvalue weighted by Gasteiger charge is 2.55. The van der Waals surface area contributed by atoms with E-state index in [1.54, 1.807) is 6.20 Å². The summed E-state index contributed by atoms with van der Waals surface area (Å²) < 4.78 is 7.52. The zero-order valence-corrected chi connectivity index (χ0v) is 14.9. The zero-order chi connectivity index (χ0) is 17.6. The van der Waals surface area contributed by atoms with Crippen molar-refractivity contribution in [1.82, 2.24) is 19.7 Å². The Balaban J connectivity index is 1.47. The number of pyridine rings is 1. The molecule has 3 heterocycles. The second-order valence-corrected chi connectivity index (χ2v) is 7.98. The molecule has 0 bridgehead atoms. The number of aromatic nitrogens is 3. The SMILES string of the molecule is CC(C)(C)OC(=O)N1[C@H](Cn2ccc(-c3ccccn3)n2)C[C@H]2C[C@H]21. The van der Waals surface area contributed by atoms with Crippen LogP contribution in [0.1, 0.15) is 33.6 Å². The number of rotatable bonds is 3. The number of hydrogen-bond donors (Lipinski definition) is 0. The van der Waals surface area contributed by atoms with Crippen molar-refractivity contribution in [3.8, 4) is 11.4 Å². The van der Waals surface area contributed by atoms with Crippen LogP contribution in [-0.2, 0) is 11.3 Å². The molecule has 132 valence electrons. The lowest BCUT2D eigenvalue weighted by Crippen LogP contribution is -2.43. The topological polar surface area (TPSA) is 60.2 Å². The number of piperidine rings is 1. The molecule has 6 heteroatoms. The quantitative estimate of drug-likeness (QED) is 0.860. The van der Waals surface area contributed by atoms with Gasteiger partial charge in [-0.05, 0) is 57.7 Å². The van der Waals surface area contributed by atoms with Crippen LogP contribution in [0.15, 0.2) is 36.7 Å². The third kappa shape index (κ3) is 3.38. The summed E-state index contributed by atoms with van der Waals surface area (Å²) in [4.78, 5) is 18.9. The van der Waals surface area contributed by atoms with E-state index in [-0.39, 0.29) is 12.1 Å². The molecule has 0 unspecified atom stereocenters. The van der Waals surface area contributed by atoms with Gasteiger partial charge in [-0.25, -0.2) is 4.79 Å². The zero-order valence-electron chi connectivity index (χ0n) is 14.9. The number of carbonyl (C=O) groups is 1. The Labute approximate surface area is 147 Å². The van der Waals surface area contributed by atoms with Gasteiger partial charge in [0.25, 0.3) is 0 Å². The van der Waals surface area contributed by atoms with Crippen molar-refractivity contribution in [3.63, 3.8) is 0 Å². The van der Waals surface area contributed by atoms with Gasteiger partial charge < -0.3 is 9.64 Å². The average Bonchev–Trinajstić information content (AvgIpc) is 3.00. The summed E-state index contributed by atoms with van der Waals surface area (Å²) in [6, 6.07) is 8.26. The van der Waals surface area contributed by atoms with E-state index in [0.717, 1.165) is 24.2 Å². The van der Waals surface area contributed by atoms with E-state index < -0.39 is 5.60 Å². The van der Waals surface area contributed by atoms with Gasteiger partial charge in [0.15, 0.2) is 0 Å². The normalized spacial score (nSPS) is 24.9. The fraction of sp³-hybridized carbons (Fsp3) is 0.526. The molecule has 1 aliphatic heterocycles. The Morgan fingerprint density at radius 3 is 2.80 bits per heavy atom. The van der Waals surface area contributed by atoms with Gasteiger partial charge in [-0.2, -0.15) is 5.10 Å². The summed E-state index contributed by atoms with van der Waals surface area (Å²) >= 11 is 0. The molecule has 2 aromatic heterocycles. The first kappa shape index (κ1) is 16.1. The molecule has 0 radical (unpaired) electrons. The molecule has 2 fully saturated rings. The number of likely N-dealkylation sites (tertiary alicyclic amines) is 1. The fourth-order valence-electron chi connectivity index (χ4n) is 3.65. The van der Waals surface area contributed by atoms with Gasteiger partial charge in [0.1, 0.15) is 11.3 Å². The molecule has 2 aliphatic rings. The molecule has 1 saturated carbocycles. The number of nitrogens with zero attached hydrogens (tertiary/aromatic N) is 4. The van der Waals surface area contributed by atoms with Crippen LogP contribution in [0.2, 0.25) is 0 Å². The molecule has 1 saturated heterocycles. The highest BCUT2D eigenvalue weighted by atomic mass is 16.6. The first-order chi connectivity index (χ1) is 11.9. The first-order valence-electron chi connectivity index (χ1n) is 8.87. The van der Waals surface area contributed by atoms with E-state index in [2.05, 4.69) is 10.1 Å². The second-order valence-electron chi connectivity index (χ2n) is 7.98. The van der Waals surface area contributed by atoms with Crippen LogP contribution < -0.4 is 0 Å². The van der Waals surface area contributed by atoms with E-state index in [1.165, 1.54) is 0 Å². The Morgan fingerprint density at radius 1 is 1.24 bits per heavy atom. The molecular weight excluding hydrogens is 316 g/mol. The summed E-state index contributed by atoms with van der Waals surface area (Å²) in [5.74, 6) is 0.628. The molecule has 25 heavy (non-hydrogen) atoms. The minimum atomic E-state index is -0.466. The maximum Gasteiger partial charge on any atom is 0.410 e. The first-order valence-corrected chi connectivity index (χ1v) is 8.87. The average molecular weight is 340 g/mol. The fourth-order valence-corrected chi connectivity index (χ4v) is 3.65. The van der Waals surface area contributed by atoms with Gasteiger partial charge in [0, 0.05) is 18.4 Å². The third-order valence-corrected chi connectivity index (χ3v) is 4.78. The Morgan fingerprint density at radius 2 is 2.08 bits per heavy atom. The molecule has 2 aromatic rings. The van der Waals surface area contributed by atoms with Crippen molar-refractivity contribution in [2.75, 3.05) is 0 Å². The van der Waals surface area contributed by atoms with E-state index in [1.807, 2.05) is 60.8 Å². The van der Waals surface area contributed by atoms with E-state index in [0.29, 0.717) is 18.5 Å². The molecule has 6 nitrogen and oxygen atoms in total. The molecule has 0 spiro atoms. The maximum atomic E-state index is 12.6. The molecule has 1 aliphatic carbocycles. The summed E-state index contributed by atoms with van der Waals surface area (Å²) in [5.41, 5.74) is 1.25. The van der Waals surface area contributed by atoms with Gasteiger partial charge in [-0.3, -0.25) is 9.67 Å². The van der Waals surface area contributed by atoms with Crippen LogP contribution in [-0.4, -0.2) is 43.4 Å². The van der Waals surface area contributed by atoms with Gasteiger partial charge >= 0.3 is 6.09 Å².